The van der Waals surface area contributed by atoms with Crippen LogP contribution in [0.1, 0.15) is 39.0 Å². The lowest BCUT2D eigenvalue weighted by molar-refractivity contribution is -0.126. The Balaban J connectivity index is 2.43. The van der Waals surface area contributed by atoms with Crippen LogP contribution in [0, 0.1) is 5.92 Å². The molecular formula is C11H21N5O. The molecule has 0 aromatic rings. The smallest absolute Gasteiger partial charge is 0.237 e. The van der Waals surface area contributed by atoms with Gasteiger partial charge in [-0.15, -0.1) is 0 Å². The van der Waals surface area contributed by atoms with E-state index in [0.717, 1.165) is 32.1 Å². The van der Waals surface area contributed by atoms with E-state index in [4.69, 9.17) is 11.3 Å². The molecule has 0 saturated heterocycles. The Bertz CT molecular complexity index is 303. The third kappa shape index (κ3) is 3.91. The SMILES string of the molecule is CC1CCC(NCCCN=[N+]=[N-])(C(N)=O)CC1. The highest BCUT2D eigenvalue weighted by Gasteiger charge is 2.38. The van der Waals surface area contributed by atoms with Crippen molar-refractivity contribution in [3.8, 4) is 0 Å². The average Bonchev–Trinajstić information content (AvgIpc) is 2.31. The minimum absolute atomic E-state index is 0.256. The molecule has 1 aliphatic carbocycles. The fraction of sp³-hybridized carbons (Fsp3) is 0.909. The zero-order valence-electron chi connectivity index (χ0n) is 10.4. The van der Waals surface area contributed by atoms with Gasteiger partial charge in [-0.3, -0.25) is 4.79 Å². The van der Waals surface area contributed by atoms with E-state index in [0.29, 0.717) is 19.0 Å². The lowest BCUT2D eigenvalue weighted by Gasteiger charge is -2.37. The van der Waals surface area contributed by atoms with Crippen LogP contribution in [0.3, 0.4) is 0 Å². The monoisotopic (exact) mass is 239 g/mol. The van der Waals surface area contributed by atoms with Gasteiger partial charge in [-0.05, 0) is 50.1 Å². The Kier molecular flexibility index (Phi) is 5.25. The molecule has 0 atom stereocenters. The van der Waals surface area contributed by atoms with Crippen LogP contribution in [0.15, 0.2) is 5.11 Å². The summed E-state index contributed by atoms with van der Waals surface area (Å²) in [6.07, 6.45) is 4.42. The molecule has 1 aliphatic rings. The second kappa shape index (κ2) is 6.47. The van der Waals surface area contributed by atoms with Gasteiger partial charge in [-0.1, -0.05) is 12.0 Å². The first-order chi connectivity index (χ1) is 8.10. The third-order valence-electron chi connectivity index (χ3n) is 3.56. The van der Waals surface area contributed by atoms with Gasteiger partial charge in [0.1, 0.15) is 0 Å². The van der Waals surface area contributed by atoms with Gasteiger partial charge in [0.15, 0.2) is 0 Å². The zero-order chi connectivity index (χ0) is 12.7. The Morgan fingerprint density at radius 2 is 2.24 bits per heavy atom. The number of hydrogen-bond acceptors (Lipinski definition) is 3. The predicted molar refractivity (Wildman–Crippen MR) is 66.2 cm³/mol. The topological polar surface area (TPSA) is 104 Å². The predicted octanol–water partition coefficient (Wildman–Crippen LogP) is 1.71. The summed E-state index contributed by atoms with van der Waals surface area (Å²) in [5, 5.41) is 6.71. The van der Waals surface area contributed by atoms with Crippen LogP contribution < -0.4 is 11.1 Å². The van der Waals surface area contributed by atoms with Crippen molar-refractivity contribution in [2.24, 2.45) is 16.8 Å². The van der Waals surface area contributed by atoms with Crippen LogP contribution in [0.5, 0.6) is 0 Å². The van der Waals surface area contributed by atoms with E-state index in [2.05, 4.69) is 22.3 Å². The van der Waals surface area contributed by atoms with E-state index in [9.17, 15) is 4.79 Å². The van der Waals surface area contributed by atoms with E-state index in [-0.39, 0.29) is 5.91 Å². The van der Waals surface area contributed by atoms with Gasteiger partial charge >= 0.3 is 0 Å². The highest BCUT2D eigenvalue weighted by Crippen LogP contribution is 2.31. The molecule has 1 fully saturated rings. The summed E-state index contributed by atoms with van der Waals surface area (Å²) >= 11 is 0. The maximum atomic E-state index is 11.6. The number of carbonyl (C=O) groups is 1. The highest BCUT2D eigenvalue weighted by molar-refractivity contribution is 5.84. The van der Waals surface area contributed by atoms with Crippen LogP contribution in [-0.2, 0) is 4.79 Å². The van der Waals surface area contributed by atoms with Gasteiger partial charge in [-0.2, -0.15) is 0 Å². The van der Waals surface area contributed by atoms with E-state index >= 15 is 0 Å². The zero-order valence-corrected chi connectivity index (χ0v) is 10.4. The normalized spacial score (nSPS) is 28.4. The first-order valence-electron chi connectivity index (χ1n) is 6.16. The van der Waals surface area contributed by atoms with Crippen molar-refractivity contribution in [1.82, 2.24) is 5.32 Å². The standard InChI is InChI=1S/C11H21N5O/c1-9-3-5-11(6-4-9,10(12)17)14-7-2-8-15-16-13/h9,14H,2-8H2,1H3,(H2,12,17). The fourth-order valence-electron chi connectivity index (χ4n) is 2.29. The number of nitrogens with zero attached hydrogens (tertiary/aromatic N) is 3. The molecule has 0 spiro atoms. The van der Waals surface area contributed by atoms with Gasteiger partial charge < -0.3 is 11.1 Å². The summed E-state index contributed by atoms with van der Waals surface area (Å²) in [6, 6.07) is 0. The van der Waals surface area contributed by atoms with E-state index in [1.807, 2.05) is 0 Å². The molecule has 0 radical (unpaired) electrons. The van der Waals surface area contributed by atoms with E-state index in [1.54, 1.807) is 0 Å². The molecule has 0 aromatic heterocycles. The molecule has 96 valence electrons. The maximum absolute atomic E-state index is 11.6. The molecule has 17 heavy (non-hydrogen) atoms. The van der Waals surface area contributed by atoms with Crippen molar-refractivity contribution in [2.75, 3.05) is 13.1 Å². The van der Waals surface area contributed by atoms with Gasteiger partial charge in [0.05, 0.1) is 5.54 Å². The van der Waals surface area contributed by atoms with Crippen LogP contribution in [0.25, 0.3) is 10.4 Å². The molecule has 0 bridgehead atoms. The first-order valence-corrected chi connectivity index (χ1v) is 6.16. The molecule has 6 nitrogen and oxygen atoms in total. The molecular weight excluding hydrogens is 218 g/mol. The molecule has 0 unspecified atom stereocenters. The third-order valence-corrected chi connectivity index (χ3v) is 3.56. The second-order valence-corrected chi connectivity index (χ2v) is 4.86. The second-order valence-electron chi connectivity index (χ2n) is 4.86. The molecule has 3 N–H and O–H groups in total. The highest BCUT2D eigenvalue weighted by atomic mass is 16.1. The minimum atomic E-state index is -0.539. The summed E-state index contributed by atoms with van der Waals surface area (Å²) in [5.74, 6) is 0.417. The van der Waals surface area contributed by atoms with Crippen molar-refractivity contribution in [1.29, 1.82) is 0 Å². The lowest BCUT2D eigenvalue weighted by Crippen LogP contribution is -2.57. The largest absolute Gasteiger partial charge is 0.368 e. The summed E-state index contributed by atoms with van der Waals surface area (Å²) in [4.78, 5) is 14.3. The van der Waals surface area contributed by atoms with Crippen molar-refractivity contribution in [2.45, 2.75) is 44.6 Å². The van der Waals surface area contributed by atoms with Crippen molar-refractivity contribution in [3.63, 3.8) is 0 Å². The maximum Gasteiger partial charge on any atom is 0.237 e. The molecule has 1 saturated carbocycles. The van der Waals surface area contributed by atoms with Gasteiger partial charge in [0, 0.05) is 11.5 Å². The molecule has 6 heteroatoms. The fourth-order valence-corrected chi connectivity index (χ4v) is 2.29. The van der Waals surface area contributed by atoms with Crippen molar-refractivity contribution >= 4 is 5.91 Å². The van der Waals surface area contributed by atoms with Crippen molar-refractivity contribution < 1.29 is 4.79 Å². The Morgan fingerprint density at radius 3 is 2.76 bits per heavy atom. The number of rotatable bonds is 6. The summed E-state index contributed by atoms with van der Waals surface area (Å²) in [6.45, 7) is 3.32. The molecule has 1 amide bonds. The molecule has 0 heterocycles. The van der Waals surface area contributed by atoms with Crippen LogP contribution in [0.4, 0.5) is 0 Å². The van der Waals surface area contributed by atoms with Gasteiger partial charge in [0.25, 0.3) is 0 Å². The number of nitrogens with two attached hydrogens (primary N) is 1. The molecule has 0 aliphatic heterocycles. The molecule has 1 rings (SSSR count). The van der Waals surface area contributed by atoms with Crippen molar-refractivity contribution in [3.05, 3.63) is 10.4 Å². The summed E-state index contributed by atoms with van der Waals surface area (Å²) in [5.41, 5.74) is 13.1. The van der Waals surface area contributed by atoms with Crippen LogP contribution >= 0.6 is 0 Å². The Morgan fingerprint density at radius 1 is 1.59 bits per heavy atom. The summed E-state index contributed by atoms with van der Waals surface area (Å²) < 4.78 is 0. The summed E-state index contributed by atoms with van der Waals surface area (Å²) in [7, 11) is 0. The minimum Gasteiger partial charge on any atom is -0.368 e. The van der Waals surface area contributed by atoms with E-state index < -0.39 is 5.54 Å². The van der Waals surface area contributed by atoms with Gasteiger partial charge in [-0.25, -0.2) is 0 Å². The number of hydrogen-bond donors (Lipinski definition) is 2. The van der Waals surface area contributed by atoms with Crippen LogP contribution in [0.2, 0.25) is 0 Å². The van der Waals surface area contributed by atoms with Crippen LogP contribution in [-0.4, -0.2) is 24.5 Å². The first kappa shape index (κ1) is 13.8. The number of amides is 1. The van der Waals surface area contributed by atoms with Gasteiger partial charge in [0.2, 0.25) is 5.91 Å². The molecule has 0 aromatic carbocycles. The quantitative estimate of drug-likeness (QED) is 0.319. The number of nitrogens with one attached hydrogen (secondary N) is 1. The Hall–Kier alpha value is -1.26. The number of azide groups is 1. The average molecular weight is 239 g/mol. The lowest BCUT2D eigenvalue weighted by atomic mass is 9.76. The Labute approximate surface area is 102 Å². The van der Waals surface area contributed by atoms with E-state index in [1.165, 1.54) is 0 Å². The number of carbonyl (C=O) groups excluding carboxylic acids is 1. The number of primary amides is 1.